The zero-order chi connectivity index (χ0) is 16.3. The lowest BCUT2D eigenvalue weighted by atomic mass is 9.96. The zero-order valence-corrected chi connectivity index (χ0v) is 12.5. The van der Waals surface area contributed by atoms with E-state index in [2.05, 4.69) is 0 Å². The van der Waals surface area contributed by atoms with Crippen molar-refractivity contribution in [1.82, 2.24) is 9.21 Å². The van der Waals surface area contributed by atoms with Crippen LogP contribution in [0.2, 0.25) is 0 Å². The highest BCUT2D eigenvalue weighted by molar-refractivity contribution is 7.88. The molecule has 0 saturated carbocycles. The third-order valence-electron chi connectivity index (χ3n) is 3.32. The van der Waals surface area contributed by atoms with Crippen LogP contribution in [0.1, 0.15) is 12.8 Å². The minimum absolute atomic E-state index is 0.119. The number of sulfonamides is 1. The van der Waals surface area contributed by atoms with E-state index in [0.29, 0.717) is 4.90 Å². The summed E-state index contributed by atoms with van der Waals surface area (Å²) in [5.41, 5.74) is 0. The standard InChI is InChI=1S/C11H19F3N2O4S/c1-21(19,20)16-4-2-9(3-5-16)10(18)15(6-7-17)8-11(12,13)14/h9,17H,2-8H2,1H3. The molecule has 1 rings (SSSR count). The maximum Gasteiger partial charge on any atom is 0.406 e. The van der Waals surface area contributed by atoms with Gasteiger partial charge in [0.15, 0.2) is 0 Å². The van der Waals surface area contributed by atoms with Gasteiger partial charge in [0.2, 0.25) is 15.9 Å². The van der Waals surface area contributed by atoms with E-state index in [-0.39, 0.29) is 32.5 Å². The molecule has 1 saturated heterocycles. The van der Waals surface area contributed by atoms with Gasteiger partial charge in [-0.05, 0) is 12.8 Å². The van der Waals surface area contributed by atoms with E-state index in [0.717, 1.165) is 6.26 Å². The summed E-state index contributed by atoms with van der Waals surface area (Å²) in [5.74, 6) is -1.33. The Labute approximate surface area is 121 Å². The first-order valence-electron chi connectivity index (χ1n) is 6.46. The van der Waals surface area contributed by atoms with Gasteiger partial charge in [-0.2, -0.15) is 13.2 Å². The van der Waals surface area contributed by atoms with Gasteiger partial charge in [-0.3, -0.25) is 4.79 Å². The fourth-order valence-electron chi connectivity index (χ4n) is 2.30. The van der Waals surface area contributed by atoms with Crippen LogP contribution in [0.5, 0.6) is 0 Å². The molecule has 0 bridgehead atoms. The smallest absolute Gasteiger partial charge is 0.395 e. The molecule has 21 heavy (non-hydrogen) atoms. The van der Waals surface area contributed by atoms with Crippen LogP contribution in [0.15, 0.2) is 0 Å². The second-order valence-electron chi connectivity index (χ2n) is 5.03. The Morgan fingerprint density at radius 1 is 1.33 bits per heavy atom. The van der Waals surface area contributed by atoms with Gasteiger partial charge in [-0.15, -0.1) is 0 Å². The number of halogens is 3. The molecule has 1 heterocycles. The van der Waals surface area contributed by atoms with E-state index in [9.17, 15) is 26.4 Å². The highest BCUT2D eigenvalue weighted by Crippen LogP contribution is 2.23. The first-order chi connectivity index (χ1) is 9.54. The van der Waals surface area contributed by atoms with Crippen molar-refractivity contribution in [3.8, 4) is 0 Å². The van der Waals surface area contributed by atoms with Crippen LogP contribution in [0.25, 0.3) is 0 Å². The fraction of sp³-hybridized carbons (Fsp3) is 0.909. The number of hydrogen-bond donors (Lipinski definition) is 1. The number of aliphatic hydroxyl groups excluding tert-OH is 1. The maximum atomic E-state index is 12.4. The summed E-state index contributed by atoms with van der Waals surface area (Å²) in [4.78, 5) is 12.7. The third-order valence-corrected chi connectivity index (χ3v) is 4.63. The molecule has 0 aromatic rings. The monoisotopic (exact) mass is 332 g/mol. The molecule has 1 aliphatic rings. The molecule has 0 spiro atoms. The molecule has 1 amide bonds. The van der Waals surface area contributed by atoms with Crippen molar-refractivity contribution in [2.75, 3.05) is 39.0 Å². The van der Waals surface area contributed by atoms with Crippen molar-refractivity contribution in [1.29, 1.82) is 0 Å². The molecular weight excluding hydrogens is 313 g/mol. The number of nitrogens with zero attached hydrogens (tertiary/aromatic N) is 2. The molecule has 0 aliphatic carbocycles. The van der Waals surface area contributed by atoms with E-state index in [1.807, 2.05) is 0 Å². The minimum atomic E-state index is -4.53. The summed E-state index contributed by atoms with van der Waals surface area (Å²) < 4.78 is 61.1. The van der Waals surface area contributed by atoms with Gasteiger partial charge in [0.25, 0.3) is 0 Å². The van der Waals surface area contributed by atoms with Crippen molar-refractivity contribution in [3.63, 3.8) is 0 Å². The van der Waals surface area contributed by atoms with E-state index >= 15 is 0 Å². The lowest BCUT2D eigenvalue weighted by molar-refractivity contribution is -0.165. The van der Waals surface area contributed by atoms with Gasteiger partial charge in [0, 0.05) is 25.6 Å². The van der Waals surface area contributed by atoms with E-state index in [1.54, 1.807) is 0 Å². The summed E-state index contributed by atoms with van der Waals surface area (Å²) in [6.07, 6.45) is -3.10. The molecule has 0 radical (unpaired) electrons. The average Bonchev–Trinajstić information content (AvgIpc) is 2.35. The Morgan fingerprint density at radius 3 is 2.24 bits per heavy atom. The SMILES string of the molecule is CS(=O)(=O)N1CCC(C(=O)N(CCO)CC(F)(F)F)CC1. The Hall–Kier alpha value is -0.870. The predicted octanol–water partition coefficient (Wildman–Crippen LogP) is 0.0412. The largest absolute Gasteiger partial charge is 0.406 e. The minimum Gasteiger partial charge on any atom is -0.395 e. The number of piperidine rings is 1. The summed E-state index contributed by atoms with van der Waals surface area (Å²) >= 11 is 0. The van der Waals surface area contributed by atoms with Crippen molar-refractivity contribution in [2.24, 2.45) is 5.92 Å². The molecule has 1 N–H and O–H groups in total. The predicted molar refractivity (Wildman–Crippen MR) is 68.9 cm³/mol. The lowest BCUT2D eigenvalue weighted by Gasteiger charge is -2.33. The van der Waals surface area contributed by atoms with Crippen LogP contribution >= 0.6 is 0 Å². The summed E-state index contributed by atoms with van der Waals surface area (Å²) in [5, 5.41) is 8.78. The second kappa shape index (κ2) is 6.93. The van der Waals surface area contributed by atoms with Gasteiger partial charge in [0.05, 0.1) is 12.9 Å². The molecule has 0 unspecified atom stereocenters. The number of hydrogen-bond acceptors (Lipinski definition) is 4. The number of carbonyl (C=O) groups is 1. The highest BCUT2D eigenvalue weighted by atomic mass is 32.2. The topological polar surface area (TPSA) is 77.9 Å². The Morgan fingerprint density at radius 2 is 1.86 bits per heavy atom. The van der Waals surface area contributed by atoms with Crippen LogP contribution in [0.3, 0.4) is 0 Å². The summed E-state index contributed by atoms with van der Waals surface area (Å²) in [6, 6.07) is 0. The molecule has 0 aromatic heterocycles. The first kappa shape index (κ1) is 18.2. The number of aliphatic hydroxyl groups is 1. The Balaban J connectivity index is 2.65. The molecule has 6 nitrogen and oxygen atoms in total. The van der Waals surface area contributed by atoms with E-state index in [1.165, 1.54) is 4.31 Å². The summed E-state index contributed by atoms with van der Waals surface area (Å²) in [6.45, 7) is -2.10. The van der Waals surface area contributed by atoms with Gasteiger partial charge in [-0.1, -0.05) is 0 Å². The van der Waals surface area contributed by atoms with Gasteiger partial charge in [0.1, 0.15) is 6.54 Å². The molecule has 1 aliphatic heterocycles. The average molecular weight is 332 g/mol. The van der Waals surface area contributed by atoms with E-state index < -0.39 is 41.2 Å². The van der Waals surface area contributed by atoms with Crippen LogP contribution < -0.4 is 0 Å². The van der Waals surface area contributed by atoms with Gasteiger partial charge < -0.3 is 10.0 Å². The normalized spacial score (nSPS) is 18.7. The Bertz CT molecular complexity index is 459. The maximum absolute atomic E-state index is 12.4. The number of amides is 1. The number of carbonyl (C=O) groups excluding carboxylic acids is 1. The van der Waals surface area contributed by atoms with Gasteiger partial charge >= 0.3 is 6.18 Å². The number of alkyl halides is 3. The quantitative estimate of drug-likeness (QED) is 0.771. The van der Waals surface area contributed by atoms with Crippen LogP contribution in [0.4, 0.5) is 13.2 Å². The summed E-state index contributed by atoms with van der Waals surface area (Å²) in [7, 11) is -3.35. The Kier molecular flexibility index (Phi) is 6.00. The fourth-order valence-corrected chi connectivity index (χ4v) is 3.17. The van der Waals surface area contributed by atoms with Crippen LogP contribution in [0, 0.1) is 5.92 Å². The van der Waals surface area contributed by atoms with Gasteiger partial charge in [-0.25, -0.2) is 12.7 Å². The molecule has 0 aromatic carbocycles. The highest BCUT2D eigenvalue weighted by Gasteiger charge is 2.36. The molecule has 1 fully saturated rings. The molecular formula is C11H19F3N2O4S. The van der Waals surface area contributed by atoms with Crippen molar-refractivity contribution < 1.29 is 31.5 Å². The molecule has 124 valence electrons. The second-order valence-corrected chi connectivity index (χ2v) is 7.02. The third kappa shape index (κ3) is 5.79. The van der Waals surface area contributed by atoms with Crippen molar-refractivity contribution >= 4 is 15.9 Å². The van der Waals surface area contributed by atoms with E-state index in [4.69, 9.17) is 5.11 Å². The van der Waals surface area contributed by atoms with Crippen molar-refractivity contribution in [2.45, 2.75) is 19.0 Å². The number of rotatable bonds is 5. The lowest BCUT2D eigenvalue weighted by Crippen LogP contribution is -2.47. The molecule has 0 atom stereocenters. The van der Waals surface area contributed by atoms with Crippen LogP contribution in [-0.2, 0) is 14.8 Å². The first-order valence-corrected chi connectivity index (χ1v) is 8.31. The van der Waals surface area contributed by atoms with Crippen LogP contribution in [-0.4, -0.2) is 73.9 Å². The van der Waals surface area contributed by atoms with Crippen molar-refractivity contribution in [3.05, 3.63) is 0 Å². The molecule has 10 heteroatoms. The zero-order valence-electron chi connectivity index (χ0n) is 11.6.